The van der Waals surface area contributed by atoms with Crippen molar-refractivity contribution in [1.82, 2.24) is 14.9 Å². The minimum absolute atomic E-state index is 0.346. The van der Waals surface area contributed by atoms with E-state index in [1.807, 2.05) is 18.5 Å². The summed E-state index contributed by atoms with van der Waals surface area (Å²) in [6, 6.07) is 10.8. The van der Waals surface area contributed by atoms with Crippen LogP contribution in [0.2, 0.25) is 0 Å². The third-order valence-corrected chi connectivity index (χ3v) is 3.01. The average molecular weight is 229 g/mol. The number of nitrogens with zero attached hydrogens (tertiary/aromatic N) is 2. The zero-order valence-corrected chi connectivity index (χ0v) is 10.4. The molecule has 0 aliphatic carbocycles. The number of hydrogen-bond acceptors (Lipinski definition) is 2. The van der Waals surface area contributed by atoms with Crippen LogP contribution in [0.4, 0.5) is 0 Å². The molecule has 2 rings (SSSR count). The highest BCUT2D eigenvalue weighted by Gasteiger charge is 2.06. The van der Waals surface area contributed by atoms with Gasteiger partial charge < -0.3 is 9.88 Å². The molecule has 0 fully saturated rings. The van der Waals surface area contributed by atoms with Crippen LogP contribution in [0.15, 0.2) is 42.7 Å². The SMILES string of the molecule is CCn1ccnc1CN[C@H](C)c1ccccc1. The van der Waals surface area contributed by atoms with Crippen LogP contribution in [0.25, 0.3) is 0 Å². The summed E-state index contributed by atoms with van der Waals surface area (Å²) in [4.78, 5) is 4.35. The molecule has 1 aromatic carbocycles. The van der Waals surface area contributed by atoms with E-state index in [1.165, 1.54) is 5.56 Å². The summed E-state index contributed by atoms with van der Waals surface area (Å²) >= 11 is 0. The summed E-state index contributed by atoms with van der Waals surface area (Å²) in [5.74, 6) is 1.09. The van der Waals surface area contributed by atoms with E-state index in [0.717, 1.165) is 18.9 Å². The summed E-state index contributed by atoms with van der Waals surface area (Å²) < 4.78 is 2.16. The Labute approximate surface area is 103 Å². The first-order valence-electron chi connectivity index (χ1n) is 6.09. The van der Waals surface area contributed by atoms with Crippen LogP contribution in [0.3, 0.4) is 0 Å². The second-order valence-corrected chi connectivity index (χ2v) is 4.14. The molecule has 0 amide bonds. The molecule has 17 heavy (non-hydrogen) atoms. The maximum Gasteiger partial charge on any atom is 0.122 e. The van der Waals surface area contributed by atoms with Gasteiger partial charge in [0, 0.05) is 25.0 Å². The van der Waals surface area contributed by atoms with Crippen LogP contribution in [-0.4, -0.2) is 9.55 Å². The van der Waals surface area contributed by atoms with Crippen LogP contribution in [-0.2, 0) is 13.1 Å². The van der Waals surface area contributed by atoms with Gasteiger partial charge in [-0.2, -0.15) is 0 Å². The summed E-state index contributed by atoms with van der Waals surface area (Å²) in [7, 11) is 0. The molecular weight excluding hydrogens is 210 g/mol. The van der Waals surface area contributed by atoms with Crippen molar-refractivity contribution < 1.29 is 0 Å². The van der Waals surface area contributed by atoms with Crippen molar-refractivity contribution in [3.05, 3.63) is 54.1 Å². The highest BCUT2D eigenvalue weighted by Crippen LogP contribution is 2.11. The summed E-state index contributed by atoms with van der Waals surface area (Å²) in [5, 5.41) is 3.49. The monoisotopic (exact) mass is 229 g/mol. The lowest BCUT2D eigenvalue weighted by atomic mass is 10.1. The molecule has 1 N–H and O–H groups in total. The van der Waals surface area contributed by atoms with Crippen molar-refractivity contribution in [3.63, 3.8) is 0 Å². The predicted molar refractivity (Wildman–Crippen MR) is 69.6 cm³/mol. The Kier molecular flexibility index (Phi) is 3.94. The van der Waals surface area contributed by atoms with Crippen LogP contribution >= 0.6 is 0 Å². The van der Waals surface area contributed by atoms with Gasteiger partial charge in [0.1, 0.15) is 5.82 Å². The molecule has 1 aromatic heterocycles. The fourth-order valence-corrected chi connectivity index (χ4v) is 1.90. The molecule has 0 radical (unpaired) electrons. The lowest BCUT2D eigenvalue weighted by molar-refractivity contribution is 0.540. The lowest BCUT2D eigenvalue weighted by Gasteiger charge is -2.14. The number of benzene rings is 1. The fourth-order valence-electron chi connectivity index (χ4n) is 1.90. The lowest BCUT2D eigenvalue weighted by Crippen LogP contribution is -2.20. The molecule has 0 aliphatic rings. The van der Waals surface area contributed by atoms with E-state index >= 15 is 0 Å². The van der Waals surface area contributed by atoms with Crippen molar-refractivity contribution >= 4 is 0 Å². The van der Waals surface area contributed by atoms with Gasteiger partial charge in [0.2, 0.25) is 0 Å². The van der Waals surface area contributed by atoms with E-state index < -0.39 is 0 Å². The first-order valence-corrected chi connectivity index (χ1v) is 6.09. The van der Waals surface area contributed by atoms with Gasteiger partial charge in [0.25, 0.3) is 0 Å². The van der Waals surface area contributed by atoms with Crippen LogP contribution < -0.4 is 5.32 Å². The fraction of sp³-hybridized carbons (Fsp3) is 0.357. The molecule has 0 saturated heterocycles. The van der Waals surface area contributed by atoms with Gasteiger partial charge in [-0.05, 0) is 19.4 Å². The topological polar surface area (TPSA) is 29.9 Å². The Morgan fingerprint density at radius 2 is 2.06 bits per heavy atom. The first kappa shape index (κ1) is 11.9. The third-order valence-electron chi connectivity index (χ3n) is 3.01. The van der Waals surface area contributed by atoms with Crippen molar-refractivity contribution in [1.29, 1.82) is 0 Å². The molecule has 0 saturated carbocycles. The molecule has 1 heterocycles. The van der Waals surface area contributed by atoms with Gasteiger partial charge in [-0.25, -0.2) is 4.98 Å². The van der Waals surface area contributed by atoms with Crippen molar-refractivity contribution in [2.24, 2.45) is 0 Å². The summed E-state index contributed by atoms with van der Waals surface area (Å²) in [6.07, 6.45) is 3.87. The standard InChI is InChI=1S/C14H19N3/c1-3-17-10-9-15-14(17)11-16-12(2)13-7-5-4-6-8-13/h4-10,12,16H,3,11H2,1-2H3/t12-/m1/s1. The second kappa shape index (κ2) is 5.64. The maximum atomic E-state index is 4.35. The first-order chi connectivity index (χ1) is 8.31. The van der Waals surface area contributed by atoms with E-state index in [0.29, 0.717) is 6.04 Å². The largest absolute Gasteiger partial charge is 0.334 e. The average Bonchev–Trinajstić information content (AvgIpc) is 2.84. The van der Waals surface area contributed by atoms with Gasteiger partial charge >= 0.3 is 0 Å². The molecule has 90 valence electrons. The summed E-state index contributed by atoms with van der Waals surface area (Å²) in [5.41, 5.74) is 1.31. The predicted octanol–water partition coefficient (Wildman–Crippen LogP) is 2.75. The van der Waals surface area contributed by atoms with Gasteiger partial charge in [-0.3, -0.25) is 0 Å². The normalized spacial score (nSPS) is 12.6. The Morgan fingerprint density at radius 1 is 1.29 bits per heavy atom. The second-order valence-electron chi connectivity index (χ2n) is 4.14. The molecular formula is C14H19N3. The minimum Gasteiger partial charge on any atom is -0.334 e. The number of aryl methyl sites for hydroxylation is 1. The van der Waals surface area contributed by atoms with E-state index in [1.54, 1.807) is 0 Å². The van der Waals surface area contributed by atoms with Crippen molar-refractivity contribution in [2.75, 3.05) is 0 Å². The third kappa shape index (κ3) is 2.94. The molecule has 1 atom stereocenters. The molecule has 0 spiro atoms. The molecule has 2 aromatic rings. The Balaban J connectivity index is 1.95. The van der Waals surface area contributed by atoms with Gasteiger partial charge in [0.05, 0.1) is 6.54 Å². The highest BCUT2D eigenvalue weighted by atomic mass is 15.1. The highest BCUT2D eigenvalue weighted by molar-refractivity contribution is 5.18. The minimum atomic E-state index is 0.346. The number of nitrogens with one attached hydrogen (secondary N) is 1. The van der Waals surface area contributed by atoms with E-state index in [-0.39, 0.29) is 0 Å². The van der Waals surface area contributed by atoms with Crippen LogP contribution in [0.5, 0.6) is 0 Å². The Hall–Kier alpha value is -1.61. The van der Waals surface area contributed by atoms with Crippen molar-refractivity contribution in [2.45, 2.75) is 33.0 Å². The quantitative estimate of drug-likeness (QED) is 0.854. The van der Waals surface area contributed by atoms with E-state index in [4.69, 9.17) is 0 Å². The smallest absolute Gasteiger partial charge is 0.122 e. The van der Waals surface area contributed by atoms with E-state index in [2.05, 4.69) is 53.0 Å². The van der Waals surface area contributed by atoms with Gasteiger partial charge in [-0.1, -0.05) is 30.3 Å². The number of aromatic nitrogens is 2. The van der Waals surface area contributed by atoms with Crippen LogP contribution in [0.1, 0.15) is 31.3 Å². The molecule has 0 aliphatic heterocycles. The summed E-state index contributed by atoms with van der Waals surface area (Å²) in [6.45, 7) is 6.08. The van der Waals surface area contributed by atoms with Crippen LogP contribution in [0, 0.1) is 0 Å². The number of imidazole rings is 1. The molecule has 3 heteroatoms. The zero-order valence-electron chi connectivity index (χ0n) is 10.4. The molecule has 0 bridgehead atoms. The Bertz CT molecular complexity index is 448. The molecule has 3 nitrogen and oxygen atoms in total. The van der Waals surface area contributed by atoms with Gasteiger partial charge in [0.15, 0.2) is 0 Å². The number of rotatable bonds is 5. The number of hydrogen-bond donors (Lipinski definition) is 1. The maximum absolute atomic E-state index is 4.35. The van der Waals surface area contributed by atoms with Crippen molar-refractivity contribution in [3.8, 4) is 0 Å². The zero-order chi connectivity index (χ0) is 12.1. The van der Waals surface area contributed by atoms with E-state index in [9.17, 15) is 0 Å². The Morgan fingerprint density at radius 3 is 2.76 bits per heavy atom. The molecule has 0 unspecified atom stereocenters. The van der Waals surface area contributed by atoms with Gasteiger partial charge in [-0.15, -0.1) is 0 Å².